The largest absolute Gasteiger partial charge is 0.245 e. The fraction of sp³-hybridized carbons (Fsp3) is 0.200. The van der Waals surface area contributed by atoms with Gasteiger partial charge in [0, 0.05) is 6.54 Å². The molecule has 112 valence electrons. The fourth-order valence-corrected chi connectivity index (χ4v) is 5.19. The summed E-state index contributed by atoms with van der Waals surface area (Å²) in [6.45, 7) is 0.538. The van der Waals surface area contributed by atoms with Crippen molar-refractivity contribution in [1.82, 2.24) is 13.1 Å². The molecule has 0 radical (unpaired) electrons. The minimum absolute atomic E-state index is 0.0898. The third-order valence-electron chi connectivity index (χ3n) is 3.99. The van der Waals surface area contributed by atoms with Crippen LogP contribution < -0.4 is 0 Å². The van der Waals surface area contributed by atoms with Gasteiger partial charge in [-0.2, -0.15) is 13.1 Å². The smallest absolute Gasteiger partial charge is 0.207 e. The highest BCUT2D eigenvalue weighted by Crippen LogP contribution is 2.39. The third kappa shape index (κ3) is 2.05. The Morgan fingerprint density at radius 3 is 2.59 bits per heavy atom. The van der Waals surface area contributed by atoms with E-state index in [0.717, 1.165) is 23.7 Å². The molecule has 0 N–H and O–H groups in total. The van der Waals surface area contributed by atoms with Gasteiger partial charge < -0.3 is 0 Å². The van der Waals surface area contributed by atoms with Crippen molar-refractivity contribution in [2.24, 2.45) is 0 Å². The zero-order valence-electron chi connectivity index (χ0n) is 11.6. The zero-order valence-corrected chi connectivity index (χ0v) is 13.2. The number of rotatable bonds is 3. The zero-order chi connectivity index (χ0) is 15.2. The van der Waals surface area contributed by atoms with E-state index < -0.39 is 10.0 Å². The molecular weight excluding hydrogens is 318 g/mol. The number of fused-ring (bicyclic) bond motifs is 1. The number of aromatic nitrogens is 2. The molecule has 1 aliphatic rings. The highest BCUT2D eigenvalue weighted by atomic mass is 32.2. The first kappa shape index (κ1) is 13.8. The van der Waals surface area contributed by atoms with E-state index in [1.165, 1.54) is 0 Å². The van der Waals surface area contributed by atoms with Crippen molar-refractivity contribution < 1.29 is 8.42 Å². The molecule has 2 heterocycles. The quantitative estimate of drug-likeness (QED) is 0.740. The minimum Gasteiger partial charge on any atom is -0.207 e. The monoisotopic (exact) mass is 331 g/mol. The van der Waals surface area contributed by atoms with Gasteiger partial charge in [0.15, 0.2) is 0 Å². The van der Waals surface area contributed by atoms with Crippen LogP contribution in [0.5, 0.6) is 0 Å². The summed E-state index contributed by atoms with van der Waals surface area (Å²) in [6, 6.07) is 14.8. The van der Waals surface area contributed by atoms with Gasteiger partial charge in [-0.05, 0) is 24.1 Å². The molecule has 0 amide bonds. The van der Waals surface area contributed by atoms with Crippen molar-refractivity contribution >= 4 is 32.8 Å². The molecule has 0 aliphatic carbocycles. The second-order valence-corrected chi connectivity index (χ2v) is 7.61. The predicted molar refractivity (Wildman–Crippen MR) is 85.1 cm³/mol. The SMILES string of the molecule is O=S(=O)(c1cccc2nsnc12)N1CC[C@H]1c1ccccc1. The lowest BCUT2D eigenvalue weighted by Crippen LogP contribution is -2.45. The molecule has 1 atom stereocenters. The van der Waals surface area contributed by atoms with E-state index in [1.807, 2.05) is 30.3 Å². The first-order valence-corrected chi connectivity index (χ1v) is 9.13. The van der Waals surface area contributed by atoms with Crippen molar-refractivity contribution in [3.63, 3.8) is 0 Å². The molecule has 7 heteroatoms. The molecule has 1 fully saturated rings. The summed E-state index contributed by atoms with van der Waals surface area (Å²) < 4.78 is 35.8. The van der Waals surface area contributed by atoms with Crippen molar-refractivity contribution in [3.05, 3.63) is 54.1 Å². The van der Waals surface area contributed by atoms with Crippen LogP contribution in [0.4, 0.5) is 0 Å². The Hall–Kier alpha value is -1.83. The van der Waals surface area contributed by atoms with Crippen molar-refractivity contribution in [1.29, 1.82) is 0 Å². The molecule has 4 rings (SSSR count). The standard InChI is InChI=1S/C15H13N3O2S2/c19-22(20,14-8-4-7-12-15(14)17-21-16-12)18-10-9-13(18)11-5-2-1-3-6-11/h1-8,13H,9-10H2/t13-/m0/s1. The van der Waals surface area contributed by atoms with Crippen LogP contribution in [0.25, 0.3) is 11.0 Å². The van der Waals surface area contributed by atoms with Gasteiger partial charge in [-0.25, -0.2) is 8.42 Å². The Morgan fingerprint density at radius 2 is 1.86 bits per heavy atom. The maximum atomic E-state index is 13.0. The fourth-order valence-electron chi connectivity index (χ4n) is 2.78. The summed E-state index contributed by atoms with van der Waals surface area (Å²) >= 11 is 1.03. The number of hydrogen-bond acceptors (Lipinski definition) is 5. The van der Waals surface area contributed by atoms with E-state index in [9.17, 15) is 8.42 Å². The molecule has 2 aromatic carbocycles. The van der Waals surface area contributed by atoms with Crippen molar-refractivity contribution in [3.8, 4) is 0 Å². The molecule has 5 nitrogen and oxygen atoms in total. The maximum Gasteiger partial charge on any atom is 0.245 e. The van der Waals surface area contributed by atoms with Crippen molar-refractivity contribution in [2.75, 3.05) is 6.54 Å². The van der Waals surface area contributed by atoms with Gasteiger partial charge in [0.25, 0.3) is 0 Å². The molecule has 3 aromatic rings. The Morgan fingerprint density at radius 1 is 1.05 bits per heavy atom. The molecule has 1 aliphatic heterocycles. The molecule has 0 saturated carbocycles. The lowest BCUT2D eigenvalue weighted by atomic mass is 9.98. The number of hydrogen-bond donors (Lipinski definition) is 0. The van der Waals surface area contributed by atoms with Crippen molar-refractivity contribution in [2.45, 2.75) is 17.4 Å². The van der Waals surface area contributed by atoms with Crippen LogP contribution in [0.2, 0.25) is 0 Å². The molecule has 22 heavy (non-hydrogen) atoms. The lowest BCUT2D eigenvalue weighted by molar-refractivity contribution is 0.202. The number of nitrogens with zero attached hydrogens (tertiary/aromatic N) is 3. The Bertz CT molecular complexity index is 922. The average Bonchev–Trinajstić information content (AvgIpc) is 2.94. The van der Waals surface area contributed by atoms with Crippen LogP contribution in [0, 0.1) is 0 Å². The van der Waals surface area contributed by atoms with E-state index >= 15 is 0 Å². The van der Waals surface area contributed by atoms with Crippen LogP contribution in [-0.2, 0) is 10.0 Å². The molecular formula is C15H13N3O2S2. The molecule has 1 aromatic heterocycles. The van der Waals surface area contributed by atoms with E-state index in [-0.39, 0.29) is 10.9 Å². The van der Waals surface area contributed by atoms with E-state index in [2.05, 4.69) is 8.75 Å². The van der Waals surface area contributed by atoms with Crippen LogP contribution in [-0.4, -0.2) is 28.0 Å². The topological polar surface area (TPSA) is 63.2 Å². The Balaban J connectivity index is 1.77. The third-order valence-corrected chi connectivity index (χ3v) is 6.47. The second-order valence-electron chi connectivity index (χ2n) is 5.22. The summed E-state index contributed by atoms with van der Waals surface area (Å²) in [4.78, 5) is 0.249. The van der Waals surface area contributed by atoms with Crippen LogP contribution >= 0.6 is 11.7 Å². The van der Waals surface area contributed by atoms with E-state index in [1.54, 1.807) is 22.5 Å². The molecule has 1 saturated heterocycles. The number of sulfonamides is 1. The maximum absolute atomic E-state index is 13.0. The number of benzene rings is 2. The second kappa shape index (κ2) is 5.12. The molecule has 0 bridgehead atoms. The minimum atomic E-state index is -3.56. The van der Waals surface area contributed by atoms with Gasteiger partial charge in [0.05, 0.1) is 17.8 Å². The molecule has 0 spiro atoms. The highest BCUT2D eigenvalue weighted by Gasteiger charge is 2.40. The Labute approximate surface area is 132 Å². The van der Waals surface area contributed by atoms with E-state index in [4.69, 9.17) is 0 Å². The molecule has 0 unspecified atom stereocenters. The van der Waals surface area contributed by atoms with Crippen LogP contribution in [0.3, 0.4) is 0 Å². The normalized spacial score (nSPS) is 19.2. The van der Waals surface area contributed by atoms with Crippen LogP contribution in [0.1, 0.15) is 18.0 Å². The highest BCUT2D eigenvalue weighted by molar-refractivity contribution is 7.89. The van der Waals surface area contributed by atoms with Gasteiger partial charge in [-0.15, -0.1) is 0 Å². The van der Waals surface area contributed by atoms with E-state index in [0.29, 0.717) is 17.6 Å². The lowest BCUT2D eigenvalue weighted by Gasteiger charge is -2.39. The first-order valence-electron chi connectivity index (χ1n) is 6.96. The van der Waals surface area contributed by atoms with Gasteiger partial charge in [0.2, 0.25) is 10.0 Å². The van der Waals surface area contributed by atoms with Gasteiger partial charge >= 0.3 is 0 Å². The summed E-state index contributed by atoms with van der Waals surface area (Å²) in [5.41, 5.74) is 2.12. The van der Waals surface area contributed by atoms with Gasteiger partial charge in [0.1, 0.15) is 15.9 Å². The van der Waals surface area contributed by atoms with Gasteiger partial charge in [-0.1, -0.05) is 36.4 Å². The summed E-state index contributed by atoms with van der Waals surface area (Å²) in [5.74, 6) is 0. The summed E-state index contributed by atoms with van der Waals surface area (Å²) in [5, 5.41) is 0. The first-order chi connectivity index (χ1) is 10.7. The summed E-state index contributed by atoms with van der Waals surface area (Å²) in [7, 11) is -3.56. The van der Waals surface area contributed by atoms with Gasteiger partial charge in [-0.3, -0.25) is 0 Å². The Kier molecular flexibility index (Phi) is 3.21. The predicted octanol–water partition coefficient (Wildman–Crippen LogP) is 2.83. The average molecular weight is 331 g/mol. The van der Waals surface area contributed by atoms with Crippen LogP contribution in [0.15, 0.2) is 53.4 Å². The summed E-state index contributed by atoms with van der Waals surface area (Å²) in [6.07, 6.45) is 0.842.